The summed E-state index contributed by atoms with van der Waals surface area (Å²) in [6, 6.07) is 6.66. The fraction of sp³-hybridized carbons (Fsp3) is 0.565. The second kappa shape index (κ2) is 9.08. The number of aryl methyl sites for hydroxylation is 1. The molecule has 0 spiro atoms. The predicted octanol–water partition coefficient (Wildman–Crippen LogP) is 3.59. The Labute approximate surface area is 171 Å². The van der Waals surface area contributed by atoms with Crippen molar-refractivity contribution in [3.63, 3.8) is 0 Å². The summed E-state index contributed by atoms with van der Waals surface area (Å²) < 4.78 is 20.8. The van der Waals surface area contributed by atoms with Crippen molar-refractivity contribution in [2.75, 3.05) is 26.3 Å². The highest BCUT2D eigenvalue weighted by molar-refractivity contribution is 5.79. The van der Waals surface area contributed by atoms with E-state index in [2.05, 4.69) is 21.4 Å². The Morgan fingerprint density at radius 2 is 1.97 bits per heavy atom. The zero-order valence-electron chi connectivity index (χ0n) is 17.1. The number of carbonyl (C=O) groups excluding carboxylic acids is 1. The lowest BCUT2D eigenvalue weighted by Crippen LogP contribution is -2.44. The van der Waals surface area contributed by atoms with Gasteiger partial charge in [0.1, 0.15) is 11.6 Å². The summed E-state index contributed by atoms with van der Waals surface area (Å²) in [6.45, 7) is 5.84. The third-order valence-corrected chi connectivity index (χ3v) is 6.26. The third-order valence-electron chi connectivity index (χ3n) is 6.26. The Kier molecular flexibility index (Phi) is 6.28. The molecule has 2 aliphatic heterocycles. The number of piperidine rings is 1. The zero-order chi connectivity index (χ0) is 20.2. The van der Waals surface area contributed by atoms with Crippen LogP contribution in [0, 0.1) is 24.6 Å². The van der Waals surface area contributed by atoms with Gasteiger partial charge in [-0.25, -0.2) is 9.37 Å². The van der Waals surface area contributed by atoms with Crippen LogP contribution < -0.4 is 0 Å². The molecule has 3 heterocycles. The molecule has 1 atom stereocenters. The molecule has 1 aromatic heterocycles. The summed E-state index contributed by atoms with van der Waals surface area (Å²) in [5, 5.41) is 0. The Hall–Kier alpha value is -2.21. The van der Waals surface area contributed by atoms with Crippen molar-refractivity contribution in [2.24, 2.45) is 11.8 Å². The molecule has 6 heteroatoms. The topological polar surface area (TPSA) is 47.4 Å². The molecular formula is C23H30FN3O2. The fourth-order valence-electron chi connectivity index (χ4n) is 4.55. The Morgan fingerprint density at radius 3 is 2.72 bits per heavy atom. The lowest BCUT2D eigenvalue weighted by molar-refractivity contribution is -0.140. The van der Waals surface area contributed by atoms with E-state index in [1.165, 1.54) is 12.1 Å². The number of benzene rings is 1. The number of hydrogen-bond donors (Lipinski definition) is 0. The van der Waals surface area contributed by atoms with E-state index in [1.807, 2.05) is 18.3 Å². The van der Waals surface area contributed by atoms with E-state index in [4.69, 9.17) is 4.74 Å². The first kappa shape index (κ1) is 20.1. The normalized spacial score (nSPS) is 20.8. The number of aromatic nitrogens is 2. The smallest absolute Gasteiger partial charge is 0.225 e. The molecule has 29 heavy (non-hydrogen) atoms. The molecule has 0 radical (unpaired) electrons. The summed E-state index contributed by atoms with van der Waals surface area (Å²) in [5.74, 6) is 1.71. The molecule has 2 aromatic rings. The fourth-order valence-corrected chi connectivity index (χ4v) is 4.55. The number of amides is 1. The monoisotopic (exact) mass is 399 g/mol. The van der Waals surface area contributed by atoms with E-state index < -0.39 is 0 Å². The first-order chi connectivity index (χ1) is 14.1. The van der Waals surface area contributed by atoms with Gasteiger partial charge < -0.3 is 14.2 Å². The average Bonchev–Trinajstić information content (AvgIpc) is 3.09. The second-order valence-electron chi connectivity index (χ2n) is 8.41. The van der Waals surface area contributed by atoms with Gasteiger partial charge in [0.25, 0.3) is 0 Å². The first-order valence-electron chi connectivity index (χ1n) is 10.7. The Balaban J connectivity index is 1.41. The van der Waals surface area contributed by atoms with E-state index in [0.717, 1.165) is 62.3 Å². The van der Waals surface area contributed by atoms with E-state index >= 15 is 0 Å². The van der Waals surface area contributed by atoms with Gasteiger partial charge in [-0.15, -0.1) is 0 Å². The second-order valence-corrected chi connectivity index (χ2v) is 8.41. The van der Waals surface area contributed by atoms with Crippen LogP contribution in [0.25, 0.3) is 0 Å². The number of hydrogen-bond acceptors (Lipinski definition) is 3. The third kappa shape index (κ3) is 4.86. The SMILES string of the molecule is Cc1cnc(CC2CCCN(C(=O)C3CCOCC3)C2)n1Cc1ccc(F)cc1. The van der Waals surface area contributed by atoms with Crippen LogP contribution in [0.5, 0.6) is 0 Å². The molecule has 156 valence electrons. The number of likely N-dealkylation sites (tertiary alicyclic amines) is 1. The minimum Gasteiger partial charge on any atom is -0.381 e. The summed E-state index contributed by atoms with van der Waals surface area (Å²) in [7, 11) is 0. The summed E-state index contributed by atoms with van der Waals surface area (Å²) in [6.07, 6.45) is 6.65. The minimum atomic E-state index is -0.215. The lowest BCUT2D eigenvalue weighted by atomic mass is 9.91. The largest absolute Gasteiger partial charge is 0.381 e. The number of nitrogens with zero attached hydrogens (tertiary/aromatic N) is 3. The number of rotatable bonds is 5. The number of carbonyl (C=O) groups is 1. The number of ether oxygens (including phenoxy) is 1. The van der Waals surface area contributed by atoms with Crippen molar-refractivity contribution in [1.29, 1.82) is 0 Å². The molecule has 5 nitrogen and oxygen atoms in total. The van der Waals surface area contributed by atoms with Gasteiger partial charge in [0.15, 0.2) is 0 Å². The average molecular weight is 400 g/mol. The molecule has 2 fully saturated rings. The quantitative estimate of drug-likeness (QED) is 0.772. The van der Waals surface area contributed by atoms with E-state index in [9.17, 15) is 9.18 Å². The van der Waals surface area contributed by atoms with Crippen molar-refractivity contribution < 1.29 is 13.9 Å². The van der Waals surface area contributed by atoms with E-state index in [-0.39, 0.29) is 11.7 Å². The van der Waals surface area contributed by atoms with Gasteiger partial charge in [0.05, 0.1) is 0 Å². The molecule has 2 aliphatic rings. The van der Waals surface area contributed by atoms with Crippen LogP contribution in [0.15, 0.2) is 30.5 Å². The maximum atomic E-state index is 13.2. The molecule has 1 amide bonds. The summed E-state index contributed by atoms with van der Waals surface area (Å²) >= 11 is 0. The number of halogens is 1. The molecule has 4 rings (SSSR count). The zero-order valence-corrected chi connectivity index (χ0v) is 17.1. The first-order valence-corrected chi connectivity index (χ1v) is 10.7. The summed E-state index contributed by atoms with van der Waals surface area (Å²) in [5.41, 5.74) is 2.17. The Morgan fingerprint density at radius 1 is 1.21 bits per heavy atom. The molecule has 0 saturated carbocycles. The molecule has 1 unspecified atom stereocenters. The Bertz CT molecular complexity index is 827. The van der Waals surface area contributed by atoms with Gasteiger partial charge in [-0.05, 0) is 56.2 Å². The van der Waals surface area contributed by atoms with Crippen molar-refractivity contribution in [1.82, 2.24) is 14.5 Å². The van der Waals surface area contributed by atoms with Crippen LogP contribution in [0.2, 0.25) is 0 Å². The van der Waals surface area contributed by atoms with Gasteiger partial charge in [-0.1, -0.05) is 12.1 Å². The van der Waals surface area contributed by atoms with Gasteiger partial charge in [0.2, 0.25) is 5.91 Å². The van der Waals surface area contributed by atoms with Crippen molar-refractivity contribution in [3.8, 4) is 0 Å². The maximum absolute atomic E-state index is 13.2. The lowest BCUT2D eigenvalue weighted by Gasteiger charge is -2.36. The maximum Gasteiger partial charge on any atom is 0.225 e. The van der Waals surface area contributed by atoms with Gasteiger partial charge in [0, 0.05) is 57.1 Å². The van der Waals surface area contributed by atoms with Crippen LogP contribution in [-0.2, 0) is 22.5 Å². The molecule has 1 aromatic carbocycles. The molecular weight excluding hydrogens is 369 g/mol. The molecule has 0 N–H and O–H groups in total. The highest BCUT2D eigenvalue weighted by atomic mass is 19.1. The standard InChI is InChI=1S/C23H30FN3O2/c1-17-14-25-22(27(17)16-18-4-6-21(24)7-5-18)13-19-3-2-10-26(15-19)23(28)20-8-11-29-12-9-20/h4-7,14,19-20H,2-3,8-13,15-16H2,1H3. The van der Waals surface area contributed by atoms with Crippen LogP contribution in [0.3, 0.4) is 0 Å². The minimum absolute atomic E-state index is 0.130. The highest BCUT2D eigenvalue weighted by Gasteiger charge is 2.30. The van der Waals surface area contributed by atoms with Crippen LogP contribution in [-0.4, -0.2) is 46.7 Å². The molecule has 2 saturated heterocycles. The van der Waals surface area contributed by atoms with Crippen molar-refractivity contribution >= 4 is 5.91 Å². The van der Waals surface area contributed by atoms with Gasteiger partial charge in [-0.2, -0.15) is 0 Å². The van der Waals surface area contributed by atoms with Crippen LogP contribution in [0.4, 0.5) is 4.39 Å². The molecule has 0 aliphatic carbocycles. The van der Waals surface area contributed by atoms with E-state index in [1.54, 1.807) is 0 Å². The van der Waals surface area contributed by atoms with Crippen LogP contribution in [0.1, 0.15) is 42.8 Å². The molecule has 0 bridgehead atoms. The highest BCUT2D eigenvalue weighted by Crippen LogP contribution is 2.25. The summed E-state index contributed by atoms with van der Waals surface area (Å²) in [4.78, 5) is 19.6. The van der Waals surface area contributed by atoms with Gasteiger partial charge in [-0.3, -0.25) is 4.79 Å². The van der Waals surface area contributed by atoms with Crippen molar-refractivity contribution in [2.45, 2.75) is 45.6 Å². The van der Waals surface area contributed by atoms with Gasteiger partial charge >= 0.3 is 0 Å². The van der Waals surface area contributed by atoms with Crippen molar-refractivity contribution in [3.05, 3.63) is 53.4 Å². The van der Waals surface area contributed by atoms with E-state index in [0.29, 0.717) is 31.6 Å². The predicted molar refractivity (Wildman–Crippen MR) is 109 cm³/mol. The van der Waals surface area contributed by atoms with Crippen LogP contribution >= 0.6 is 0 Å². The number of imidazole rings is 1.